The summed E-state index contributed by atoms with van der Waals surface area (Å²) >= 11 is 0. The summed E-state index contributed by atoms with van der Waals surface area (Å²) in [4.78, 5) is 0. The molecule has 0 aliphatic rings. The largest absolute Gasteiger partial charge is 0.491 e. The van der Waals surface area contributed by atoms with Crippen LogP contribution in [0.15, 0.2) is 48.5 Å². The Balaban J connectivity index is 2.04. The van der Waals surface area contributed by atoms with Crippen molar-refractivity contribution in [2.24, 2.45) is 0 Å². The highest BCUT2D eigenvalue weighted by molar-refractivity contribution is 5.56. The number of anilines is 1. The number of hydrogen-bond acceptors (Lipinski definition) is 2. The molecule has 0 unspecified atom stereocenters. The molecule has 0 spiro atoms. The average molecular weight is 291 g/mol. The van der Waals surface area contributed by atoms with Crippen LogP contribution in [0.1, 0.15) is 30.9 Å². The summed E-state index contributed by atoms with van der Waals surface area (Å²) in [7, 11) is 0. The van der Waals surface area contributed by atoms with E-state index in [0.717, 1.165) is 23.4 Å². The van der Waals surface area contributed by atoms with Gasteiger partial charge in [0, 0.05) is 12.1 Å². The maximum atomic E-state index is 12.7. The maximum Gasteiger partial charge on any atom is 0.263 e. The van der Waals surface area contributed by atoms with Crippen molar-refractivity contribution in [2.45, 2.75) is 26.3 Å². The van der Waals surface area contributed by atoms with E-state index in [0.29, 0.717) is 13.2 Å². The number of hydrogen-bond donors (Lipinski definition) is 1. The van der Waals surface area contributed by atoms with Crippen molar-refractivity contribution in [3.8, 4) is 5.75 Å². The second-order valence-electron chi connectivity index (χ2n) is 4.74. The van der Waals surface area contributed by atoms with Crippen LogP contribution >= 0.6 is 0 Å². The van der Waals surface area contributed by atoms with E-state index in [1.165, 1.54) is 12.1 Å². The molecule has 0 aliphatic heterocycles. The smallest absolute Gasteiger partial charge is 0.263 e. The van der Waals surface area contributed by atoms with Crippen LogP contribution in [-0.2, 0) is 6.54 Å². The molecule has 2 aromatic rings. The summed E-state index contributed by atoms with van der Waals surface area (Å²) in [5.74, 6) is 0.782. The summed E-state index contributed by atoms with van der Waals surface area (Å²) in [5.41, 5.74) is 1.73. The Bertz CT molecular complexity index is 572. The predicted octanol–water partition coefficient (Wildman–Crippen LogP) is 5.03. The molecule has 2 nitrogen and oxygen atoms in total. The molecule has 0 saturated carbocycles. The third kappa shape index (κ3) is 4.45. The van der Waals surface area contributed by atoms with Crippen molar-refractivity contribution in [2.75, 3.05) is 11.9 Å². The van der Waals surface area contributed by atoms with Crippen LogP contribution in [0.5, 0.6) is 5.75 Å². The van der Waals surface area contributed by atoms with Gasteiger partial charge in [0.05, 0.1) is 12.3 Å². The number of alkyl halides is 2. The Morgan fingerprint density at radius 2 is 1.90 bits per heavy atom. The van der Waals surface area contributed by atoms with Crippen LogP contribution in [0.25, 0.3) is 0 Å². The van der Waals surface area contributed by atoms with Crippen molar-refractivity contribution in [1.82, 2.24) is 0 Å². The van der Waals surface area contributed by atoms with E-state index in [-0.39, 0.29) is 5.56 Å². The van der Waals surface area contributed by atoms with Gasteiger partial charge in [-0.25, -0.2) is 8.78 Å². The minimum absolute atomic E-state index is 0.0461. The predicted molar refractivity (Wildman–Crippen MR) is 81.0 cm³/mol. The van der Waals surface area contributed by atoms with E-state index in [2.05, 4.69) is 5.32 Å². The van der Waals surface area contributed by atoms with Gasteiger partial charge >= 0.3 is 0 Å². The molecule has 2 rings (SSSR count). The van der Waals surface area contributed by atoms with Crippen LogP contribution in [0.4, 0.5) is 14.5 Å². The molecule has 0 saturated heterocycles. The fraction of sp³-hybridized carbons (Fsp3) is 0.294. The first-order valence-electron chi connectivity index (χ1n) is 7.03. The van der Waals surface area contributed by atoms with Gasteiger partial charge in [-0.1, -0.05) is 37.3 Å². The van der Waals surface area contributed by atoms with Crippen molar-refractivity contribution in [3.05, 3.63) is 59.7 Å². The quantitative estimate of drug-likeness (QED) is 0.773. The number of benzene rings is 2. The highest BCUT2D eigenvalue weighted by Gasteiger charge is 2.07. The summed E-state index contributed by atoms with van der Waals surface area (Å²) in [6, 6.07) is 14.1. The second-order valence-corrected chi connectivity index (χ2v) is 4.74. The zero-order valence-corrected chi connectivity index (χ0v) is 12.0. The van der Waals surface area contributed by atoms with E-state index >= 15 is 0 Å². The first kappa shape index (κ1) is 15.3. The molecule has 21 heavy (non-hydrogen) atoms. The summed E-state index contributed by atoms with van der Waals surface area (Å²) in [5, 5.41) is 3.23. The van der Waals surface area contributed by atoms with Gasteiger partial charge in [0.15, 0.2) is 0 Å². The molecule has 4 heteroatoms. The minimum Gasteiger partial charge on any atom is -0.491 e. The van der Waals surface area contributed by atoms with Crippen molar-refractivity contribution in [1.29, 1.82) is 0 Å². The van der Waals surface area contributed by atoms with Crippen molar-refractivity contribution < 1.29 is 13.5 Å². The monoisotopic (exact) mass is 291 g/mol. The fourth-order valence-electron chi connectivity index (χ4n) is 1.99. The number of ether oxygens (including phenoxy) is 1. The third-order valence-corrected chi connectivity index (χ3v) is 3.03. The molecule has 0 amide bonds. The highest BCUT2D eigenvalue weighted by Crippen LogP contribution is 2.25. The maximum absolute atomic E-state index is 12.7. The molecule has 0 heterocycles. The van der Waals surface area contributed by atoms with Gasteiger partial charge in [-0.3, -0.25) is 0 Å². The topological polar surface area (TPSA) is 21.3 Å². The zero-order valence-electron chi connectivity index (χ0n) is 12.0. The SMILES string of the molecule is CCCOc1ccccc1NCc1cccc(C(F)F)c1. The number of para-hydroxylation sites is 2. The molecular weight excluding hydrogens is 272 g/mol. The zero-order chi connectivity index (χ0) is 15.1. The molecule has 0 aliphatic carbocycles. The molecule has 0 fully saturated rings. The van der Waals surface area contributed by atoms with E-state index in [4.69, 9.17) is 4.74 Å². The van der Waals surface area contributed by atoms with E-state index in [1.54, 1.807) is 6.07 Å². The van der Waals surface area contributed by atoms with Crippen LogP contribution in [0.2, 0.25) is 0 Å². The molecule has 1 N–H and O–H groups in total. The molecule has 0 radical (unpaired) electrons. The number of halogens is 2. The lowest BCUT2D eigenvalue weighted by Crippen LogP contribution is -2.03. The Morgan fingerprint density at radius 1 is 1.10 bits per heavy atom. The Hall–Kier alpha value is -2.10. The molecule has 0 aromatic heterocycles. The van der Waals surface area contributed by atoms with Crippen LogP contribution < -0.4 is 10.1 Å². The first-order valence-corrected chi connectivity index (χ1v) is 7.03. The van der Waals surface area contributed by atoms with Crippen molar-refractivity contribution >= 4 is 5.69 Å². The summed E-state index contributed by atoms with van der Waals surface area (Å²) < 4.78 is 31.0. The van der Waals surface area contributed by atoms with Gasteiger partial charge in [0.25, 0.3) is 6.43 Å². The minimum atomic E-state index is -2.44. The fourth-order valence-corrected chi connectivity index (χ4v) is 1.99. The number of nitrogens with one attached hydrogen (secondary N) is 1. The van der Waals surface area contributed by atoms with Gasteiger partial charge in [0.1, 0.15) is 5.75 Å². The van der Waals surface area contributed by atoms with Crippen LogP contribution in [-0.4, -0.2) is 6.61 Å². The van der Waals surface area contributed by atoms with Gasteiger partial charge in [-0.2, -0.15) is 0 Å². The molecule has 112 valence electrons. The molecular formula is C17H19F2NO. The van der Waals surface area contributed by atoms with Gasteiger partial charge in [0.2, 0.25) is 0 Å². The summed E-state index contributed by atoms with van der Waals surface area (Å²) in [6.07, 6.45) is -1.50. The standard InChI is InChI=1S/C17H19F2NO/c1-2-10-21-16-9-4-3-8-15(16)20-12-13-6-5-7-14(11-13)17(18)19/h3-9,11,17,20H,2,10,12H2,1H3. The Labute approximate surface area is 123 Å². The lowest BCUT2D eigenvalue weighted by molar-refractivity contribution is 0.151. The Kier molecular flexibility index (Phi) is 5.55. The van der Waals surface area contributed by atoms with Crippen molar-refractivity contribution in [3.63, 3.8) is 0 Å². The third-order valence-electron chi connectivity index (χ3n) is 3.03. The van der Waals surface area contributed by atoms with E-state index in [1.807, 2.05) is 37.3 Å². The van der Waals surface area contributed by atoms with E-state index < -0.39 is 6.43 Å². The molecule has 0 atom stereocenters. The number of rotatable bonds is 7. The lowest BCUT2D eigenvalue weighted by atomic mass is 10.1. The van der Waals surface area contributed by atoms with Crippen LogP contribution in [0.3, 0.4) is 0 Å². The highest BCUT2D eigenvalue weighted by atomic mass is 19.3. The second kappa shape index (κ2) is 7.62. The van der Waals surface area contributed by atoms with Gasteiger partial charge in [-0.15, -0.1) is 0 Å². The molecule has 0 bridgehead atoms. The van der Waals surface area contributed by atoms with Gasteiger partial charge in [-0.05, 0) is 30.2 Å². The normalized spacial score (nSPS) is 10.7. The first-order chi connectivity index (χ1) is 10.2. The summed E-state index contributed by atoms with van der Waals surface area (Å²) in [6.45, 7) is 3.18. The Morgan fingerprint density at radius 3 is 2.67 bits per heavy atom. The van der Waals surface area contributed by atoms with Crippen LogP contribution in [0, 0.1) is 0 Å². The van der Waals surface area contributed by atoms with E-state index in [9.17, 15) is 8.78 Å². The van der Waals surface area contributed by atoms with Gasteiger partial charge < -0.3 is 10.1 Å². The molecule has 2 aromatic carbocycles. The lowest BCUT2D eigenvalue weighted by Gasteiger charge is -2.13. The average Bonchev–Trinajstić information content (AvgIpc) is 2.52.